The number of benzene rings is 2. The van der Waals surface area contributed by atoms with E-state index in [1.54, 1.807) is 18.2 Å². The molecule has 0 aromatic heterocycles. The summed E-state index contributed by atoms with van der Waals surface area (Å²) in [5.41, 5.74) is 6.60. The molecule has 5 heteroatoms. The molecule has 2 nitrogen and oxygen atoms in total. The van der Waals surface area contributed by atoms with Gasteiger partial charge in [0.2, 0.25) is 0 Å². The summed E-state index contributed by atoms with van der Waals surface area (Å²) in [4.78, 5) is 0. The molecule has 2 aromatic rings. The van der Waals surface area contributed by atoms with Crippen molar-refractivity contribution in [3.8, 4) is 11.5 Å². The zero-order valence-electron chi connectivity index (χ0n) is 10.00. The van der Waals surface area contributed by atoms with Crippen LogP contribution in [0, 0.1) is 5.82 Å². The summed E-state index contributed by atoms with van der Waals surface area (Å²) in [6, 6.07) is 10.1. The maximum atomic E-state index is 13.7. The van der Waals surface area contributed by atoms with Crippen LogP contribution in [-0.4, -0.2) is 6.54 Å². The molecular formula is C14H12BrClFNO. The molecule has 0 bridgehead atoms. The molecule has 0 aliphatic carbocycles. The van der Waals surface area contributed by atoms with Crippen molar-refractivity contribution in [2.45, 2.75) is 6.42 Å². The lowest BCUT2D eigenvalue weighted by molar-refractivity contribution is 0.442. The smallest absolute Gasteiger partial charge is 0.184 e. The Balaban J connectivity index is 2.24. The Morgan fingerprint density at radius 3 is 2.74 bits per heavy atom. The molecule has 0 fully saturated rings. The number of hydrogen-bond acceptors (Lipinski definition) is 2. The largest absolute Gasteiger partial charge is 0.454 e. The van der Waals surface area contributed by atoms with Gasteiger partial charge in [0.15, 0.2) is 11.6 Å². The van der Waals surface area contributed by atoms with Crippen molar-refractivity contribution in [1.29, 1.82) is 0 Å². The lowest BCUT2D eigenvalue weighted by atomic mass is 10.1. The molecule has 2 N–H and O–H groups in total. The third-order valence-electron chi connectivity index (χ3n) is 2.58. The van der Waals surface area contributed by atoms with Gasteiger partial charge in [-0.05, 0) is 42.8 Å². The Bertz CT molecular complexity index is 592. The third-order valence-corrected chi connectivity index (χ3v) is 3.61. The van der Waals surface area contributed by atoms with Crippen LogP contribution in [0.4, 0.5) is 4.39 Å². The standard InChI is InChI=1S/C14H12BrClFNO/c15-11-8-10(5-4-9(11)6-7-18)19-13-3-1-2-12(16)14(13)17/h1-5,8H,6-7,18H2. The minimum atomic E-state index is -0.564. The van der Waals surface area contributed by atoms with E-state index in [0.29, 0.717) is 12.3 Å². The van der Waals surface area contributed by atoms with E-state index in [1.165, 1.54) is 12.1 Å². The Kier molecular flexibility index (Phi) is 4.80. The summed E-state index contributed by atoms with van der Waals surface area (Å²) in [5.74, 6) is 0.0751. The predicted molar refractivity (Wildman–Crippen MR) is 78.4 cm³/mol. The van der Waals surface area contributed by atoms with Gasteiger partial charge in [0, 0.05) is 4.47 Å². The average Bonchev–Trinajstić information content (AvgIpc) is 2.38. The van der Waals surface area contributed by atoms with Crippen LogP contribution in [0.1, 0.15) is 5.56 Å². The molecule has 2 aromatic carbocycles. The second-order valence-electron chi connectivity index (χ2n) is 3.95. The molecule has 0 amide bonds. The van der Waals surface area contributed by atoms with Crippen molar-refractivity contribution >= 4 is 27.5 Å². The number of nitrogens with two attached hydrogens (primary N) is 1. The number of rotatable bonds is 4. The molecule has 2 rings (SSSR count). The highest BCUT2D eigenvalue weighted by molar-refractivity contribution is 9.10. The first kappa shape index (κ1) is 14.3. The average molecular weight is 345 g/mol. The van der Waals surface area contributed by atoms with Crippen molar-refractivity contribution in [3.63, 3.8) is 0 Å². The van der Waals surface area contributed by atoms with E-state index in [0.717, 1.165) is 16.5 Å². The first-order chi connectivity index (χ1) is 9.11. The van der Waals surface area contributed by atoms with Crippen LogP contribution in [0.15, 0.2) is 40.9 Å². The van der Waals surface area contributed by atoms with Gasteiger partial charge in [-0.1, -0.05) is 39.7 Å². The van der Waals surface area contributed by atoms with Crippen LogP contribution in [-0.2, 0) is 6.42 Å². The highest BCUT2D eigenvalue weighted by Crippen LogP contribution is 2.31. The predicted octanol–water partition coefficient (Wildman–Crippen LogP) is 4.54. The van der Waals surface area contributed by atoms with E-state index in [-0.39, 0.29) is 10.8 Å². The summed E-state index contributed by atoms with van der Waals surface area (Å²) in [6.45, 7) is 0.571. The molecule has 0 unspecified atom stereocenters. The Morgan fingerprint density at radius 2 is 2.05 bits per heavy atom. The maximum absolute atomic E-state index is 13.7. The van der Waals surface area contributed by atoms with Gasteiger partial charge >= 0.3 is 0 Å². The van der Waals surface area contributed by atoms with Crippen LogP contribution in [0.25, 0.3) is 0 Å². The van der Waals surface area contributed by atoms with E-state index in [4.69, 9.17) is 22.1 Å². The fourth-order valence-electron chi connectivity index (χ4n) is 1.64. The molecular weight excluding hydrogens is 333 g/mol. The fraction of sp³-hybridized carbons (Fsp3) is 0.143. The van der Waals surface area contributed by atoms with Gasteiger partial charge < -0.3 is 10.5 Å². The molecule has 0 atom stereocenters. The number of halogens is 3. The fourth-order valence-corrected chi connectivity index (χ4v) is 2.36. The van der Waals surface area contributed by atoms with Gasteiger partial charge in [-0.3, -0.25) is 0 Å². The lowest BCUT2D eigenvalue weighted by Crippen LogP contribution is -2.03. The number of hydrogen-bond donors (Lipinski definition) is 1. The summed E-state index contributed by atoms with van der Waals surface area (Å²) >= 11 is 9.14. The quantitative estimate of drug-likeness (QED) is 0.884. The molecule has 0 radical (unpaired) electrons. The summed E-state index contributed by atoms with van der Waals surface area (Å²) < 4.78 is 20.1. The monoisotopic (exact) mass is 343 g/mol. The minimum absolute atomic E-state index is 0.0383. The minimum Gasteiger partial charge on any atom is -0.454 e. The molecule has 0 saturated carbocycles. The first-order valence-corrected chi connectivity index (χ1v) is 6.89. The molecule has 100 valence electrons. The normalized spacial score (nSPS) is 10.5. The van der Waals surface area contributed by atoms with E-state index >= 15 is 0 Å². The van der Waals surface area contributed by atoms with Crippen LogP contribution in [0.2, 0.25) is 5.02 Å². The molecule has 0 aliphatic rings. The zero-order chi connectivity index (χ0) is 13.8. The SMILES string of the molecule is NCCc1ccc(Oc2cccc(Cl)c2F)cc1Br. The van der Waals surface area contributed by atoms with Crippen molar-refractivity contribution in [3.05, 3.63) is 57.3 Å². The van der Waals surface area contributed by atoms with Gasteiger partial charge in [-0.25, -0.2) is 4.39 Å². The Hall–Kier alpha value is -1.10. The molecule has 0 heterocycles. The third kappa shape index (κ3) is 3.47. The van der Waals surface area contributed by atoms with Gasteiger partial charge in [0.25, 0.3) is 0 Å². The van der Waals surface area contributed by atoms with Crippen LogP contribution < -0.4 is 10.5 Å². The second kappa shape index (κ2) is 6.37. The summed E-state index contributed by atoms with van der Waals surface area (Å²) in [7, 11) is 0. The van der Waals surface area contributed by atoms with Crippen LogP contribution >= 0.6 is 27.5 Å². The second-order valence-corrected chi connectivity index (χ2v) is 5.21. The van der Waals surface area contributed by atoms with Crippen LogP contribution in [0.3, 0.4) is 0 Å². The summed E-state index contributed by atoms with van der Waals surface area (Å²) in [5, 5.41) is 0.0383. The van der Waals surface area contributed by atoms with E-state index in [9.17, 15) is 4.39 Å². The van der Waals surface area contributed by atoms with Gasteiger partial charge in [-0.15, -0.1) is 0 Å². The molecule has 0 spiro atoms. The summed E-state index contributed by atoms with van der Waals surface area (Å²) in [6.07, 6.45) is 0.770. The lowest BCUT2D eigenvalue weighted by Gasteiger charge is -2.09. The Morgan fingerprint density at radius 1 is 1.26 bits per heavy atom. The topological polar surface area (TPSA) is 35.2 Å². The zero-order valence-corrected chi connectivity index (χ0v) is 12.3. The van der Waals surface area contributed by atoms with E-state index in [2.05, 4.69) is 15.9 Å². The first-order valence-electron chi connectivity index (χ1n) is 5.72. The van der Waals surface area contributed by atoms with Crippen LogP contribution in [0.5, 0.6) is 11.5 Å². The van der Waals surface area contributed by atoms with Crippen molar-refractivity contribution in [2.24, 2.45) is 5.73 Å². The van der Waals surface area contributed by atoms with Crippen molar-refractivity contribution < 1.29 is 9.13 Å². The van der Waals surface area contributed by atoms with E-state index in [1.807, 2.05) is 6.07 Å². The van der Waals surface area contributed by atoms with Gasteiger partial charge in [0.05, 0.1) is 5.02 Å². The Labute approximate surface area is 124 Å². The highest BCUT2D eigenvalue weighted by atomic mass is 79.9. The molecule has 0 saturated heterocycles. The van der Waals surface area contributed by atoms with Gasteiger partial charge in [-0.2, -0.15) is 0 Å². The van der Waals surface area contributed by atoms with Crippen molar-refractivity contribution in [2.75, 3.05) is 6.54 Å². The molecule has 0 aliphatic heterocycles. The number of ether oxygens (including phenoxy) is 1. The maximum Gasteiger partial charge on any atom is 0.184 e. The van der Waals surface area contributed by atoms with Gasteiger partial charge in [0.1, 0.15) is 5.75 Å². The highest BCUT2D eigenvalue weighted by Gasteiger charge is 2.09. The van der Waals surface area contributed by atoms with Crippen molar-refractivity contribution in [1.82, 2.24) is 0 Å². The molecule has 19 heavy (non-hydrogen) atoms. The van der Waals surface area contributed by atoms with E-state index < -0.39 is 5.82 Å².